The molecule has 240 valence electrons. The molecule has 1 saturated heterocycles. The first-order valence-corrected chi connectivity index (χ1v) is 16.7. The lowest BCUT2D eigenvalue weighted by Crippen LogP contribution is -2.53. The molecule has 9 nitrogen and oxygen atoms in total. The van der Waals surface area contributed by atoms with Crippen molar-refractivity contribution >= 4 is 27.3 Å². The van der Waals surface area contributed by atoms with Crippen LogP contribution in [0.15, 0.2) is 18.3 Å². The van der Waals surface area contributed by atoms with Gasteiger partial charge in [0.2, 0.25) is 16.0 Å². The number of anilines is 3. The van der Waals surface area contributed by atoms with Gasteiger partial charge >= 0.3 is 6.18 Å². The maximum Gasteiger partial charge on any atom is 0.419 e. The maximum absolute atomic E-state index is 14.1. The first kappa shape index (κ1) is 33.3. The Bertz CT molecular complexity index is 1390. The molecular weight excluding hydrogens is 581 g/mol. The van der Waals surface area contributed by atoms with Crippen LogP contribution >= 0.6 is 0 Å². The SMILES string of the molecule is COc1cc(N2CCN(C(C)(C)C)CC2)c(C)cc1Nc1ncc(C(F)(F)F)c(C[C@@H]2CCCC[C@H]2N(C)S(C)(=O)=O)n1. The van der Waals surface area contributed by atoms with E-state index in [0.29, 0.717) is 24.3 Å². The van der Waals surface area contributed by atoms with E-state index in [9.17, 15) is 21.6 Å². The fourth-order valence-electron chi connectivity index (χ4n) is 6.29. The minimum absolute atomic E-state index is 0.00772. The van der Waals surface area contributed by atoms with Gasteiger partial charge in [0.25, 0.3) is 0 Å². The molecule has 1 N–H and O–H groups in total. The normalized spacial score (nSPS) is 20.9. The van der Waals surface area contributed by atoms with Gasteiger partial charge in [-0.3, -0.25) is 4.90 Å². The fourth-order valence-corrected chi connectivity index (χ4v) is 7.06. The number of methoxy groups -OCH3 is 1. The lowest BCUT2D eigenvalue weighted by atomic mass is 9.81. The summed E-state index contributed by atoms with van der Waals surface area (Å²) in [4.78, 5) is 13.2. The molecule has 0 amide bonds. The second kappa shape index (κ2) is 12.8. The Kier molecular flexibility index (Phi) is 9.87. The van der Waals surface area contributed by atoms with E-state index in [4.69, 9.17) is 4.74 Å². The van der Waals surface area contributed by atoms with Gasteiger partial charge in [0.1, 0.15) is 5.75 Å². The molecule has 0 unspecified atom stereocenters. The third-order valence-electron chi connectivity index (χ3n) is 8.82. The van der Waals surface area contributed by atoms with Gasteiger partial charge < -0.3 is 15.0 Å². The average molecular weight is 627 g/mol. The summed E-state index contributed by atoms with van der Waals surface area (Å²) in [6.45, 7) is 12.3. The molecule has 2 atom stereocenters. The zero-order chi connectivity index (χ0) is 31.7. The minimum Gasteiger partial charge on any atom is -0.494 e. The van der Waals surface area contributed by atoms with Crippen molar-refractivity contribution in [1.82, 2.24) is 19.2 Å². The van der Waals surface area contributed by atoms with Gasteiger partial charge in [-0.1, -0.05) is 12.8 Å². The Balaban J connectivity index is 1.60. The molecule has 13 heteroatoms. The van der Waals surface area contributed by atoms with Gasteiger partial charge in [0.15, 0.2) is 0 Å². The quantitative estimate of drug-likeness (QED) is 0.413. The zero-order valence-electron chi connectivity index (χ0n) is 26.3. The van der Waals surface area contributed by atoms with E-state index in [0.717, 1.165) is 62.7 Å². The van der Waals surface area contributed by atoms with Crippen LogP contribution in [0.5, 0.6) is 5.75 Å². The van der Waals surface area contributed by atoms with E-state index in [1.807, 2.05) is 19.1 Å². The number of aryl methyl sites for hydroxylation is 1. The molecule has 2 heterocycles. The number of sulfonamides is 1. The third kappa shape index (κ3) is 7.91. The summed E-state index contributed by atoms with van der Waals surface area (Å²) in [7, 11) is -0.450. The smallest absolute Gasteiger partial charge is 0.419 e. The number of rotatable bonds is 8. The highest BCUT2D eigenvalue weighted by atomic mass is 32.2. The number of alkyl halides is 3. The van der Waals surface area contributed by atoms with Gasteiger partial charge in [0.05, 0.1) is 30.3 Å². The van der Waals surface area contributed by atoms with Crippen LogP contribution in [-0.2, 0) is 22.6 Å². The first-order chi connectivity index (χ1) is 20.0. The number of aromatic nitrogens is 2. The first-order valence-electron chi connectivity index (χ1n) is 14.8. The van der Waals surface area contributed by atoms with Crippen molar-refractivity contribution in [1.29, 1.82) is 0 Å². The van der Waals surface area contributed by atoms with Crippen LogP contribution in [0.1, 0.15) is 63.3 Å². The van der Waals surface area contributed by atoms with Crippen molar-refractivity contribution in [3.63, 3.8) is 0 Å². The molecule has 2 aliphatic rings. The van der Waals surface area contributed by atoms with Gasteiger partial charge in [-0.05, 0) is 64.5 Å². The number of benzene rings is 1. The van der Waals surface area contributed by atoms with Crippen molar-refractivity contribution in [2.45, 2.75) is 77.6 Å². The van der Waals surface area contributed by atoms with Crippen molar-refractivity contribution < 1.29 is 26.3 Å². The van der Waals surface area contributed by atoms with Gasteiger partial charge in [0, 0.05) is 62.8 Å². The van der Waals surface area contributed by atoms with Crippen LogP contribution in [0, 0.1) is 12.8 Å². The lowest BCUT2D eigenvalue weighted by Gasteiger charge is -2.43. The highest BCUT2D eigenvalue weighted by Crippen LogP contribution is 2.38. The van der Waals surface area contributed by atoms with Gasteiger partial charge in [-0.2, -0.15) is 13.2 Å². The van der Waals surface area contributed by atoms with Crippen LogP contribution in [0.4, 0.5) is 30.5 Å². The van der Waals surface area contributed by atoms with Crippen LogP contribution in [0.2, 0.25) is 0 Å². The second-order valence-corrected chi connectivity index (χ2v) is 14.8. The molecule has 1 aromatic carbocycles. The van der Waals surface area contributed by atoms with Crippen LogP contribution < -0.4 is 15.0 Å². The molecule has 1 saturated carbocycles. The van der Waals surface area contributed by atoms with E-state index in [2.05, 4.69) is 45.9 Å². The standard InChI is InChI=1S/C30H45F3N6O3S/c1-20-16-24(27(42-6)18-26(20)38-12-14-39(15-13-38)29(2,3)4)36-28-34-19-22(30(31,32)33)23(35-28)17-21-10-8-9-11-25(21)37(5)43(7,40)41/h16,18-19,21,25H,8-15,17H2,1-7H3,(H,34,35,36)/t21-,25+/m0/s1. The number of nitrogens with one attached hydrogen (secondary N) is 1. The summed E-state index contributed by atoms with van der Waals surface area (Å²) < 4.78 is 73.7. The number of halogens is 3. The maximum atomic E-state index is 14.1. The van der Waals surface area contributed by atoms with Gasteiger partial charge in [-0.25, -0.2) is 22.7 Å². The predicted molar refractivity (Wildman–Crippen MR) is 164 cm³/mol. The average Bonchev–Trinajstić information content (AvgIpc) is 2.92. The Hall–Kier alpha value is -2.64. The summed E-state index contributed by atoms with van der Waals surface area (Å²) >= 11 is 0. The van der Waals surface area contributed by atoms with Crippen LogP contribution in [0.3, 0.4) is 0 Å². The molecule has 2 fully saturated rings. The largest absolute Gasteiger partial charge is 0.494 e. The van der Waals surface area contributed by atoms with E-state index in [-0.39, 0.29) is 29.5 Å². The Morgan fingerprint density at radius 1 is 1.09 bits per heavy atom. The van der Waals surface area contributed by atoms with E-state index in [1.165, 1.54) is 11.4 Å². The molecule has 0 spiro atoms. The zero-order valence-corrected chi connectivity index (χ0v) is 27.1. The Morgan fingerprint density at radius 3 is 2.33 bits per heavy atom. The fraction of sp³-hybridized carbons (Fsp3) is 0.667. The van der Waals surface area contributed by atoms with Crippen LogP contribution in [0.25, 0.3) is 0 Å². The number of ether oxygens (including phenoxy) is 1. The molecule has 1 aliphatic carbocycles. The summed E-state index contributed by atoms with van der Waals surface area (Å²) in [5, 5.41) is 3.09. The lowest BCUT2D eigenvalue weighted by molar-refractivity contribution is -0.138. The topological polar surface area (TPSA) is 90.9 Å². The highest BCUT2D eigenvalue weighted by molar-refractivity contribution is 7.88. The van der Waals surface area contributed by atoms with Crippen molar-refractivity contribution in [2.75, 3.05) is 56.8 Å². The van der Waals surface area contributed by atoms with Crippen molar-refractivity contribution in [2.24, 2.45) is 5.92 Å². The van der Waals surface area contributed by atoms with Gasteiger partial charge in [-0.15, -0.1) is 0 Å². The van der Waals surface area contributed by atoms with E-state index < -0.39 is 27.8 Å². The Labute approximate surface area is 253 Å². The molecule has 1 aromatic heterocycles. The monoisotopic (exact) mass is 626 g/mol. The molecule has 1 aliphatic heterocycles. The highest BCUT2D eigenvalue weighted by Gasteiger charge is 2.38. The number of hydrogen-bond acceptors (Lipinski definition) is 8. The molecule has 0 radical (unpaired) electrons. The number of piperazine rings is 1. The summed E-state index contributed by atoms with van der Waals surface area (Å²) in [6.07, 6.45) is 0.145. The molecule has 4 rings (SSSR count). The predicted octanol–water partition coefficient (Wildman–Crippen LogP) is 5.47. The second-order valence-electron chi connectivity index (χ2n) is 12.8. The molecule has 43 heavy (non-hydrogen) atoms. The molecule has 2 aromatic rings. The van der Waals surface area contributed by atoms with Crippen molar-refractivity contribution in [3.8, 4) is 5.75 Å². The van der Waals surface area contributed by atoms with E-state index in [1.54, 1.807) is 7.11 Å². The Morgan fingerprint density at radius 2 is 1.74 bits per heavy atom. The number of nitrogens with zero attached hydrogens (tertiary/aromatic N) is 5. The number of hydrogen-bond donors (Lipinski definition) is 1. The summed E-state index contributed by atoms with van der Waals surface area (Å²) in [5.41, 5.74) is 1.64. The summed E-state index contributed by atoms with van der Waals surface area (Å²) in [5.74, 6) is 0.259. The van der Waals surface area contributed by atoms with E-state index >= 15 is 0 Å². The van der Waals surface area contributed by atoms with Crippen molar-refractivity contribution in [3.05, 3.63) is 35.2 Å². The molecular formula is C30H45F3N6O3S. The molecule has 0 bridgehead atoms. The third-order valence-corrected chi connectivity index (χ3v) is 10.1. The minimum atomic E-state index is -4.65. The van der Waals surface area contributed by atoms with Crippen LogP contribution in [-0.4, -0.2) is 85.8 Å². The summed E-state index contributed by atoms with van der Waals surface area (Å²) in [6, 6.07) is 3.46.